The monoisotopic (exact) mass is 465 g/mol. The molecule has 0 bridgehead atoms. The summed E-state index contributed by atoms with van der Waals surface area (Å²) in [5.74, 6) is 0.0867. The molecule has 1 N–H and O–H groups in total. The number of anilines is 1. The van der Waals surface area contributed by atoms with E-state index in [-0.39, 0.29) is 22.8 Å². The number of furan rings is 1. The molecule has 0 fully saturated rings. The third kappa shape index (κ3) is 4.75. The standard InChI is InChI=1S/C21H23NO7S2/c1-4-5-6-19-20(21(24)14-7-10-16(23)11-8-14)17-13-15(9-12-18(17)29-19)22(30(2,25)26)31(3,27)28/h7-13,23H,4-6H2,1-3H3. The van der Waals surface area contributed by atoms with E-state index in [2.05, 4.69) is 0 Å². The summed E-state index contributed by atoms with van der Waals surface area (Å²) in [4.78, 5) is 13.3. The van der Waals surface area contributed by atoms with Crippen LogP contribution in [0, 0.1) is 0 Å². The third-order valence-electron chi connectivity index (χ3n) is 4.67. The molecule has 0 unspecified atom stereocenters. The fourth-order valence-corrected chi connectivity index (χ4v) is 6.36. The number of fused-ring (bicyclic) bond motifs is 1. The molecule has 2 aromatic carbocycles. The Balaban J connectivity index is 2.26. The summed E-state index contributed by atoms with van der Waals surface area (Å²) in [6.45, 7) is 2.00. The van der Waals surface area contributed by atoms with Gasteiger partial charge in [-0.25, -0.2) is 16.8 Å². The first-order valence-corrected chi connectivity index (χ1v) is 13.2. The quantitative estimate of drug-likeness (QED) is 0.506. The van der Waals surface area contributed by atoms with Crippen molar-refractivity contribution >= 4 is 42.5 Å². The van der Waals surface area contributed by atoms with Crippen molar-refractivity contribution in [3.8, 4) is 5.75 Å². The van der Waals surface area contributed by atoms with Crippen LogP contribution in [0.3, 0.4) is 0 Å². The predicted molar refractivity (Wildman–Crippen MR) is 119 cm³/mol. The van der Waals surface area contributed by atoms with Crippen molar-refractivity contribution in [2.45, 2.75) is 26.2 Å². The average molecular weight is 466 g/mol. The van der Waals surface area contributed by atoms with Gasteiger partial charge in [-0.15, -0.1) is 0 Å². The van der Waals surface area contributed by atoms with Gasteiger partial charge in [0.05, 0.1) is 23.8 Å². The molecule has 0 aliphatic heterocycles. The van der Waals surface area contributed by atoms with Gasteiger partial charge in [0.15, 0.2) is 5.78 Å². The van der Waals surface area contributed by atoms with Gasteiger partial charge in [-0.3, -0.25) is 4.79 Å². The zero-order valence-corrected chi connectivity index (χ0v) is 19.0. The van der Waals surface area contributed by atoms with Gasteiger partial charge in [0.1, 0.15) is 17.1 Å². The highest BCUT2D eigenvalue weighted by Gasteiger charge is 2.29. The molecule has 8 nitrogen and oxygen atoms in total. The molecule has 1 aromatic heterocycles. The van der Waals surface area contributed by atoms with Gasteiger partial charge < -0.3 is 9.52 Å². The van der Waals surface area contributed by atoms with Crippen LogP contribution in [0.1, 0.15) is 41.4 Å². The highest BCUT2D eigenvalue weighted by Crippen LogP contribution is 2.34. The zero-order valence-electron chi connectivity index (χ0n) is 17.3. The summed E-state index contributed by atoms with van der Waals surface area (Å²) in [7, 11) is -8.28. The number of phenols is 1. The van der Waals surface area contributed by atoms with Gasteiger partial charge in [-0.05, 0) is 48.9 Å². The number of carbonyl (C=O) groups is 1. The van der Waals surface area contributed by atoms with Crippen LogP contribution in [0.25, 0.3) is 11.0 Å². The number of rotatable bonds is 8. The molecule has 0 atom stereocenters. The van der Waals surface area contributed by atoms with Crippen molar-refractivity contribution in [3.63, 3.8) is 0 Å². The van der Waals surface area contributed by atoms with Crippen LogP contribution in [0.15, 0.2) is 46.9 Å². The molecule has 3 aromatic rings. The summed E-state index contributed by atoms with van der Waals surface area (Å²) in [5.41, 5.74) is 0.795. The van der Waals surface area contributed by atoms with E-state index < -0.39 is 20.0 Å². The van der Waals surface area contributed by atoms with Crippen molar-refractivity contribution in [2.24, 2.45) is 0 Å². The number of hydrogen-bond donors (Lipinski definition) is 1. The Morgan fingerprint density at radius 2 is 1.61 bits per heavy atom. The largest absolute Gasteiger partial charge is 0.508 e. The van der Waals surface area contributed by atoms with Crippen molar-refractivity contribution in [2.75, 3.05) is 16.2 Å². The fourth-order valence-electron chi connectivity index (χ4n) is 3.40. The molecule has 31 heavy (non-hydrogen) atoms. The highest BCUT2D eigenvalue weighted by atomic mass is 32.3. The number of phenolic OH excluding ortho intramolecular Hbond substituents is 1. The van der Waals surface area contributed by atoms with E-state index in [0.717, 1.165) is 25.4 Å². The van der Waals surface area contributed by atoms with E-state index in [0.29, 0.717) is 32.4 Å². The minimum absolute atomic E-state index is 0.0130. The predicted octanol–water partition coefficient (Wildman–Crippen LogP) is 3.44. The van der Waals surface area contributed by atoms with Crippen LogP contribution in [-0.2, 0) is 26.5 Å². The van der Waals surface area contributed by atoms with Crippen LogP contribution >= 0.6 is 0 Å². The summed E-state index contributed by atoms with van der Waals surface area (Å²) < 4.78 is 54.9. The molecule has 3 rings (SSSR count). The number of benzene rings is 2. The van der Waals surface area contributed by atoms with E-state index in [9.17, 15) is 26.7 Å². The summed E-state index contributed by atoms with van der Waals surface area (Å²) in [5, 5.41) is 9.83. The maximum Gasteiger partial charge on any atom is 0.245 e. The lowest BCUT2D eigenvalue weighted by Crippen LogP contribution is -2.35. The Bertz CT molecular complexity index is 1310. The summed E-state index contributed by atoms with van der Waals surface area (Å²) >= 11 is 0. The van der Waals surface area contributed by atoms with Crippen LogP contribution in [0.5, 0.6) is 5.75 Å². The summed E-state index contributed by atoms with van der Waals surface area (Å²) in [6, 6.07) is 9.85. The van der Waals surface area contributed by atoms with Gasteiger partial charge in [0.2, 0.25) is 20.0 Å². The first-order valence-electron chi connectivity index (χ1n) is 9.53. The SMILES string of the molecule is CCCCc1oc2ccc(N(S(C)(=O)=O)S(C)(=O)=O)cc2c1C(=O)c1ccc(O)cc1. The molecule has 0 saturated carbocycles. The maximum absolute atomic E-state index is 13.3. The second-order valence-corrected chi connectivity index (χ2v) is 11.2. The molecule has 10 heteroatoms. The normalized spacial score (nSPS) is 12.2. The topological polar surface area (TPSA) is 122 Å². The van der Waals surface area contributed by atoms with E-state index in [4.69, 9.17) is 4.42 Å². The number of aromatic hydroxyl groups is 1. The van der Waals surface area contributed by atoms with Crippen molar-refractivity contribution < 1.29 is 31.2 Å². The number of carbonyl (C=O) groups excluding carboxylic acids is 1. The van der Waals surface area contributed by atoms with Gasteiger partial charge in [-0.1, -0.05) is 13.3 Å². The molecule has 0 aliphatic rings. The first kappa shape index (κ1) is 22.8. The van der Waals surface area contributed by atoms with Crippen LogP contribution < -0.4 is 3.71 Å². The highest BCUT2D eigenvalue weighted by molar-refractivity contribution is 8.09. The summed E-state index contributed by atoms with van der Waals surface area (Å²) in [6.07, 6.45) is 3.71. The molecule has 0 saturated heterocycles. The Morgan fingerprint density at radius 3 is 2.16 bits per heavy atom. The second-order valence-electron chi connectivity index (χ2n) is 7.28. The molecular formula is C21H23NO7S2. The Morgan fingerprint density at radius 1 is 1.00 bits per heavy atom. The molecule has 0 aliphatic carbocycles. The average Bonchev–Trinajstić information content (AvgIpc) is 3.01. The molecule has 0 radical (unpaired) electrons. The lowest BCUT2D eigenvalue weighted by atomic mass is 9.98. The Kier molecular flexibility index (Phi) is 6.15. The minimum Gasteiger partial charge on any atom is -0.508 e. The lowest BCUT2D eigenvalue weighted by Gasteiger charge is -2.19. The zero-order chi connectivity index (χ0) is 23.0. The van der Waals surface area contributed by atoms with Crippen LogP contribution in [0.4, 0.5) is 5.69 Å². The van der Waals surface area contributed by atoms with E-state index >= 15 is 0 Å². The van der Waals surface area contributed by atoms with Gasteiger partial charge in [-0.2, -0.15) is 3.71 Å². The second kappa shape index (κ2) is 8.35. The molecule has 1 heterocycles. The lowest BCUT2D eigenvalue weighted by molar-refractivity contribution is 0.103. The number of sulfonamides is 2. The van der Waals surface area contributed by atoms with Crippen molar-refractivity contribution in [1.82, 2.24) is 0 Å². The van der Waals surface area contributed by atoms with Crippen LogP contribution in [0.2, 0.25) is 0 Å². The van der Waals surface area contributed by atoms with Crippen LogP contribution in [-0.4, -0.2) is 40.2 Å². The molecular weight excluding hydrogens is 442 g/mol. The van der Waals surface area contributed by atoms with E-state index in [1.165, 1.54) is 42.5 Å². The molecule has 0 spiro atoms. The number of unbranched alkanes of at least 4 members (excludes halogenated alkanes) is 1. The number of aryl methyl sites for hydroxylation is 1. The Labute approximate surface area is 181 Å². The number of ketones is 1. The van der Waals surface area contributed by atoms with Gasteiger partial charge in [0.25, 0.3) is 0 Å². The smallest absolute Gasteiger partial charge is 0.245 e. The Hall–Kier alpha value is -2.85. The van der Waals surface area contributed by atoms with Gasteiger partial charge in [0, 0.05) is 17.4 Å². The van der Waals surface area contributed by atoms with E-state index in [1.54, 1.807) is 0 Å². The van der Waals surface area contributed by atoms with Crippen molar-refractivity contribution in [3.05, 3.63) is 59.4 Å². The fraction of sp³-hybridized carbons (Fsp3) is 0.286. The number of nitrogens with zero attached hydrogens (tertiary/aromatic N) is 1. The minimum atomic E-state index is -4.14. The molecule has 0 amide bonds. The van der Waals surface area contributed by atoms with E-state index in [1.807, 2.05) is 6.92 Å². The van der Waals surface area contributed by atoms with Gasteiger partial charge >= 0.3 is 0 Å². The van der Waals surface area contributed by atoms with Crippen molar-refractivity contribution in [1.29, 1.82) is 0 Å². The maximum atomic E-state index is 13.3. The first-order chi connectivity index (χ1) is 14.4. The third-order valence-corrected chi connectivity index (χ3v) is 7.92. The number of hydrogen-bond acceptors (Lipinski definition) is 7. The molecule has 166 valence electrons.